The van der Waals surface area contributed by atoms with Crippen molar-refractivity contribution in [2.24, 2.45) is 13.0 Å². The Kier molecular flexibility index (Phi) is 9.34. The normalized spacial score (nSPS) is 19.1. The molecule has 4 aromatic rings. The fourth-order valence-electron chi connectivity index (χ4n) is 5.73. The van der Waals surface area contributed by atoms with Gasteiger partial charge in [-0.2, -0.15) is 0 Å². The molecule has 1 heterocycles. The summed E-state index contributed by atoms with van der Waals surface area (Å²) in [6.07, 6.45) is 6.46. The first kappa shape index (κ1) is 30.9. The van der Waals surface area contributed by atoms with Crippen molar-refractivity contribution in [3.05, 3.63) is 112 Å². The lowest BCUT2D eigenvalue weighted by Crippen LogP contribution is -2.34. The van der Waals surface area contributed by atoms with Gasteiger partial charge in [0.15, 0.2) is 0 Å². The number of imidazole rings is 1. The molecule has 1 saturated carbocycles. The molecule has 1 N–H and O–H groups in total. The van der Waals surface area contributed by atoms with E-state index < -0.39 is 16.1 Å². The number of rotatable bonds is 8. The van der Waals surface area contributed by atoms with E-state index in [1.807, 2.05) is 55.9 Å². The first-order chi connectivity index (χ1) is 20.7. The van der Waals surface area contributed by atoms with E-state index in [0.717, 1.165) is 35.4 Å². The molecule has 0 saturated heterocycles. The molecule has 6 rings (SSSR count). The quantitative estimate of drug-likeness (QED) is 0.231. The molecule has 43 heavy (non-hydrogen) atoms. The second-order valence-corrected chi connectivity index (χ2v) is 12.9. The third-order valence-corrected chi connectivity index (χ3v) is 9.73. The van der Waals surface area contributed by atoms with Crippen molar-refractivity contribution in [1.82, 2.24) is 14.3 Å². The van der Waals surface area contributed by atoms with Crippen LogP contribution < -0.4 is 9.62 Å². The molecule has 10 heteroatoms. The fraction of sp³-hybridized carbons (Fsp3) is 0.333. The molecule has 1 aromatic heterocycles. The molecular formula is C33H36ClFN4O3S. The van der Waals surface area contributed by atoms with Crippen LogP contribution in [0.25, 0.3) is 0 Å². The van der Waals surface area contributed by atoms with Crippen LogP contribution in [0.1, 0.15) is 67.6 Å². The lowest BCUT2D eigenvalue weighted by Gasteiger charge is -2.29. The zero-order valence-corrected chi connectivity index (χ0v) is 26.1. The lowest BCUT2D eigenvalue weighted by molar-refractivity contribution is -0.120. The summed E-state index contributed by atoms with van der Waals surface area (Å²) in [7, 11) is -1.94. The number of sulfonamides is 1. The van der Waals surface area contributed by atoms with Crippen LogP contribution in [0.15, 0.2) is 84.0 Å². The summed E-state index contributed by atoms with van der Waals surface area (Å²) in [6, 6.07) is 18.0. The van der Waals surface area contributed by atoms with E-state index in [-0.39, 0.29) is 35.0 Å². The van der Waals surface area contributed by atoms with Crippen LogP contribution in [-0.2, 0) is 34.8 Å². The van der Waals surface area contributed by atoms with Crippen molar-refractivity contribution < 1.29 is 17.6 Å². The Bertz CT molecular complexity index is 1720. The number of nitrogens with zero attached hydrogens (tertiary/aromatic N) is 3. The number of carbonyl (C=O) groups excluding carboxylic acids is 1. The molecule has 2 aliphatic carbocycles. The van der Waals surface area contributed by atoms with Crippen LogP contribution in [-0.4, -0.2) is 23.9 Å². The molecule has 0 bridgehead atoms. The van der Waals surface area contributed by atoms with Gasteiger partial charge in [0.2, 0.25) is 15.9 Å². The summed E-state index contributed by atoms with van der Waals surface area (Å²) in [4.78, 5) is 20.3. The maximum absolute atomic E-state index is 14.0. The van der Waals surface area contributed by atoms with Crippen molar-refractivity contribution in [2.75, 3.05) is 4.90 Å². The topological polar surface area (TPSA) is 84.3 Å². The van der Waals surface area contributed by atoms with Crippen molar-refractivity contribution in [2.45, 2.75) is 62.9 Å². The van der Waals surface area contributed by atoms with E-state index in [0.29, 0.717) is 23.6 Å². The van der Waals surface area contributed by atoms with Gasteiger partial charge in [-0.15, -0.1) is 0 Å². The van der Waals surface area contributed by atoms with Crippen molar-refractivity contribution in [1.29, 1.82) is 0 Å². The van der Waals surface area contributed by atoms with Gasteiger partial charge in [0.25, 0.3) is 0 Å². The van der Waals surface area contributed by atoms with Crippen molar-refractivity contribution in [3.8, 4) is 0 Å². The number of aromatic nitrogens is 2. The Hall–Kier alpha value is -3.53. The van der Waals surface area contributed by atoms with Gasteiger partial charge in [0.1, 0.15) is 11.6 Å². The number of hydrogen-bond donors (Lipinski definition) is 1. The number of carbonyl (C=O) groups is 1. The van der Waals surface area contributed by atoms with Crippen LogP contribution in [0, 0.1) is 11.7 Å². The fourth-order valence-corrected chi connectivity index (χ4v) is 7.28. The van der Waals surface area contributed by atoms with Gasteiger partial charge in [0.05, 0.1) is 11.4 Å². The number of amides is 1. The highest BCUT2D eigenvalue weighted by Gasteiger charge is 2.46. The maximum Gasteiger partial charge on any atom is 0.241 e. The van der Waals surface area contributed by atoms with Crippen LogP contribution >= 0.6 is 11.6 Å². The minimum atomic E-state index is -3.83. The number of hydrogen-bond acceptors (Lipinski definition) is 4. The summed E-state index contributed by atoms with van der Waals surface area (Å²) >= 11 is 6.06. The van der Waals surface area contributed by atoms with Gasteiger partial charge >= 0.3 is 0 Å². The molecule has 7 nitrogen and oxygen atoms in total. The number of nitrogens with one attached hydrogen (secondary N) is 1. The van der Waals surface area contributed by atoms with Crippen molar-refractivity contribution in [3.63, 3.8) is 0 Å². The maximum atomic E-state index is 14.0. The first-order valence-electron chi connectivity index (χ1n) is 14.6. The Morgan fingerprint density at radius 2 is 1.91 bits per heavy atom. The van der Waals surface area contributed by atoms with Gasteiger partial charge in [-0.05, 0) is 90.8 Å². The van der Waals surface area contributed by atoms with E-state index in [1.165, 1.54) is 24.3 Å². The highest BCUT2D eigenvalue weighted by atomic mass is 35.5. The Labute approximate surface area is 257 Å². The first-order valence-corrected chi connectivity index (χ1v) is 16.5. The number of fused-ring (bicyclic) bond motifs is 1. The van der Waals surface area contributed by atoms with Crippen LogP contribution in [0.4, 0.5) is 10.1 Å². The average Bonchev–Trinajstić information content (AvgIpc) is 3.71. The van der Waals surface area contributed by atoms with Crippen LogP contribution in [0.2, 0.25) is 5.02 Å². The molecule has 0 aliphatic heterocycles. The van der Waals surface area contributed by atoms with E-state index in [1.54, 1.807) is 29.3 Å². The summed E-state index contributed by atoms with van der Waals surface area (Å²) in [6.45, 7) is 4.26. The van der Waals surface area contributed by atoms with Crippen molar-refractivity contribution >= 4 is 33.2 Å². The number of halogens is 2. The monoisotopic (exact) mass is 622 g/mol. The molecule has 0 radical (unpaired) electrons. The number of aryl methyl sites for hydroxylation is 2. The summed E-state index contributed by atoms with van der Waals surface area (Å²) in [5.74, 6) is 0.0277. The molecule has 0 spiro atoms. The molecule has 3 atom stereocenters. The second kappa shape index (κ2) is 13.0. The predicted octanol–water partition coefficient (Wildman–Crippen LogP) is 6.93. The highest BCUT2D eigenvalue weighted by Crippen LogP contribution is 2.49. The van der Waals surface area contributed by atoms with E-state index in [4.69, 9.17) is 11.6 Å². The number of anilines is 1. The van der Waals surface area contributed by atoms with Gasteiger partial charge < -0.3 is 9.47 Å². The molecule has 1 amide bonds. The summed E-state index contributed by atoms with van der Waals surface area (Å²) in [5.41, 5.74) is 3.40. The summed E-state index contributed by atoms with van der Waals surface area (Å²) < 4.78 is 45.1. The third kappa shape index (κ3) is 6.84. The van der Waals surface area contributed by atoms with E-state index in [9.17, 15) is 17.6 Å². The Morgan fingerprint density at radius 3 is 2.63 bits per heavy atom. The van der Waals surface area contributed by atoms with Gasteiger partial charge in [-0.25, -0.2) is 22.5 Å². The zero-order chi connectivity index (χ0) is 30.7. The molecule has 1 unspecified atom stereocenters. The Morgan fingerprint density at radius 1 is 1.12 bits per heavy atom. The highest BCUT2D eigenvalue weighted by molar-refractivity contribution is 7.89. The Balaban J connectivity index is 0.00000180. The van der Waals surface area contributed by atoms with Gasteiger partial charge in [0, 0.05) is 42.1 Å². The number of benzene rings is 3. The van der Waals surface area contributed by atoms with Gasteiger partial charge in [-0.3, -0.25) is 4.79 Å². The van der Waals surface area contributed by atoms with E-state index in [2.05, 4.69) is 9.71 Å². The largest absolute Gasteiger partial charge is 0.337 e. The molecule has 1 fully saturated rings. The minimum absolute atomic E-state index is 0.0445. The standard InChI is InChI=1S/C31H30ClFN4O3S.C2H6/c1-36-14-13-34-30(36)19-37(31(38)28-18-26(28)21-6-2-8-23(33)15-21)24-12-11-20-5-3-10-29(27(20)17-24)35-41(39,40)25-9-4-7-22(32)16-25;1-2/h2,4,6-9,11-17,26,28-29,35H,3,5,10,18-19H2,1H3;1-2H3/t26-,28+,29?;/m1./s1. The van der Waals surface area contributed by atoms with Gasteiger partial charge in [-0.1, -0.05) is 49.7 Å². The SMILES string of the molecule is CC.Cn1ccnc1CN(C(=O)[C@H]1C[C@@H]1c1cccc(F)c1)c1ccc2c(c1)C(NS(=O)(=O)c1cccc(Cl)c1)CCC2. The molecule has 226 valence electrons. The van der Waals surface area contributed by atoms with E-state index >= 15 is 0 Å². The second-order valence-electron chi connectivity index (χ2n) is 10.8. The third-order valence-electron chi connectivity index (χ3n) is 8.03. The summed E-state index contributed by atoms with van der Waals surface area (Å²) in [5, 5.41) is 0.347. The molecule has 2 aliphatic rings. The van der Waals surface area contributed by atoms with Crippen LogP contribution in [0.5, 0.6) is 0 Å². The van der Waals surface area contributed by atoms with Crippen LogP contribution in [0.3, 0.4) is 0 Å². The predicted molar refractivity (Wildman–Crippen MR) is 167 cm³/mol. The minimum Gasteiger partial charge on any atom is -0.337 e. The molecule has 3 aromatic carbocycles. The average molecular weight is 623 g/mol. The zero-order valence-electron chi connectivity index (χ0n) is 24.5. The lowest BCUT2D eigenvalue weighted by atomic mass is 9.87. The smallest absolute Gasteiger partial charge is 0.241 e. The molecular weight excluding hydrogens is 587 g/mol.